The van der Waals surface area contributed by atoms with Gasteiger partial charge in [-0.15, -0.1) is 0 Å². The summed E-state index contributed by atoms with van der Waals surface area (Å²) in [5.41, 5.74) is 1.40. The maximum absolute atomic E-state index is 13.1. The van der Waals surface area contributed by atoms with Crippen LogP contribution in [-0.2, 0) is 14.4 Å². The number of carbonyl (C=O) groups excluding carboxylic acids is 3. The van der Waals surface area contributed by atoms with Crippen molar-refractivity contribution >= 4 is 29.1 Å². The normalized spacial score (nSPS) is 19.2. The van der Waals surface area contributed by atoms with Crippen molar-refractivity contribution in [1.29, 1.82) is 0 Å². The van der Waals surface area contributed by atoms with E-state index in [9.17, 15) is 14.4 Å². The molecule has 0 saturated carbocycles. The molecular weight excluding hydrogens is 332 g/mol. The van der Waals surface area contributed by atoms with E-state index in [1.54, 1.807) is 11.0 Å². The Balaban J connectivity index is 1.68. The number of hydrogen-bond donors (Lipinski definition) is 1. The van der Waals surface area contributed by atoms with Crippen LogP contribution < -0.4 is 10.2 Å². The fraction of sp³-hybridized carbons (Fsp3) is 0.526. The molecule has 7 heteroatoms. The Labute approximate surface area is 153 Å². The number of nitrogens with one attached hydrogen (secondary N) is 1. The van der Waals surface area contributed by atoms with Gasteiger partial charge in [0, 0.05) is 32.1 Å². The summed E-state index contributed by atoms with van der Waals surface area (Å²) in [6.07, 6.45) is 0. The number of fused-ring (bicyclic) bond motifs is 1. The van der Waals surface area contributed by atoms with Crippen LogP contribution in [0.2, 0.25) is 0 Å². The summed E-state index contributed by atoms with van der Waals surface area (Å²) < 4.78 is 0. The zero-order valence-corrected chi connectivity index (χ0v) is 15.6. The average Bonchev–Trinajstić information content (AvgIpc) is 2.65. The van der Waals surface area contributed by atoms with Gasteiger partial charge in [0.15, 0.2) is 0 Å². The fourth-order valence-electron chi connectivity index (χ4n) is 3.51. The quantitative estimate of drug-likeness (QED) is 0.880. The van der Waals surface area contributed by atoms with Crippen LogP contribution in [0.25, 0.3) is 0 Å². The molecule has 1 aromatic rings. The Morgan fingerprint density at radius 3 is 2.31 bits per heavy atom. The molecule has 140 valence electrons. The van der Waals surface area contributed by atoms with Gasteiger partial charge < -0.3 is 10.2 Å². The van der Waals surface area contributed by atoms with Gasteiger partial charge in [0.05, 0.1) is 17.4 Å². The molecule has 0 aromatic heterocycles. The fourth-order valence-corrected chi connectivity index (χ4v) is 3.51. The van der Waals surface area contributed by atoms with Crippen LogP contribution in [-0.4, -0.2) is 66.3 Å². The van der Waals surface area contributed by atoms with Gasteiger partial charge >= 0.3 is 0 Å². The third-order valence-corrected chi connectivity index (χ3v) is 5.06. The molecular formula is C19H26N4O3. The van der Waals surface area contributed by atoms with E-state index in [-0.39, 0.29) is 36.2 Å². The monoisotopic (exact) mass is 358 g/mol. The Morgan fingerprint density at radius 2 is 1.65 bits per heavy atom. The summed E-state index contributed by atoms with van der Waals surface area (Å²) in [6, 6.07) is 7.00. The minimum atomic E-state index is -0.342. The summed E-state index contributed by atoms with van der Waals surface area (Å²) in [5.74, 6) is -0.123. The number of carbonyl (C=O) groups is 3. The summed E-state index contributed by atoms with van der Waals surface area (Å²) >= 11 is 0. The van der Waals surface area contributed by atoms with Crippen LogP contribution in [0.5, 0.6) is 0 Å². The third-order valence-electron chi connectivity index (χ3n) is 5.06. The predicted molar refractivity (Wildman–Crippen MR) is 99.9 cm³/mol. The minimum Gasteiger partial charge on any atom is -0.340 e. The lowest BCUT2D eigenvalue weighted by atomic mass is 10.1. The van der Waals surface area contributed by atoms with E-state index in [1.165, 1.54) is 0 Å². The second kappa shape index (κ2) is 7.45. The van der Waals surface area contributed by atoms with Crippen molar-refractivity contribution in [3.63, 3.8) is 0 Å². The summed E-state index contributed by atoms with van der Waals surface area (Å²) in [6.45, 7) is 8.29. The molecule has 1 unspecified atom stereocenters. The number of amides is 3. The van der Waals surface area contributed by atoms with Gasteiger partial charge in [-0.25, -0.2) is 0 Å². The Morgan fingerprint density at radius 1 is 1.00 bits per heavy atom. The maximum atomic E-state index is 13.1. The molecule has 3 rings (SSSR count). The zero-order chi connectivity index (χ0) is 18.8. The molecule has 7 nitrogen and oxygen atoms in total. The van der Waals surface area contributed by atoms with Crippen LogP contribution in [0, 0.1) is 5.92 Å². The van der Waals surface area contributed by atoms with Crippen molar-refractivity contribution in [3.8, 4) is 0 Å². The average molecular weight is 358 g/mol. The molecule has 26 heavy (non-hydrogen) atoms. The van der Waals surface area contributed by atoms with Crippen LogP contribution >= 0.6 is 0 Å². The smallest absolute Gasteiger partial charge is 0.244 e. The molecule has 2 aliphatic heterocycles. The second-order valence-electron chi connectivity index (χ2n) is 7.18. The second-order valence-corrected chi connectivity index (χ2v) is 7.18. The largest absolute Gasteiger partial charge is 0.340 e. The van der Waals surface area contributed by atoms with Gasteiger partial charge in [-0.2, -0.15) is 0 Å². The Hall–Kier alpha value is -2.41. The lowest BCUT2D eigenvalue weighted by molar-refractivity contribution is -0.137. The summed E-state index contributed by atoms with van der Waals surface area (Å²) in [7, 11) is 0. The molecule has 3 amide bonds. The molecule has 1 atom stereocenters. The van der Waals surface area contributed by atoms with E-state index in [0.29, 0.717) is 31.9 Å². The van der Waals surface area contributed by atoms with Crippen molar-refractivity contribution < 1.29 is 14.4 Å². The minimum absolute atomic E-state index is 0.0102. The van der Waals surface area contributed by atoms with Crippen molar-refractivity contribution in [2.75, 3.05) is 42.9 Å². The summed E-state index contributed by atoms with van der Waals surface area (Å²) in [5, 5.41) is 2.80. The highest BCUT2D eigenvalue weighted by molar-refractivity contribution is 6.11. The van der Waals surface area contributed by atoms with E-state index < -0.39 is 0 Å². The SMILES string of the molecule is CC(C)C(=O)N1CCN(C(C)C(=O)N2CC(=O)Nc3ccccc32)CC1. The lowest BCUT2D eigenvalue weighted by Gasteiger charge is -2.40. The number of para-hydroxylation sites is 2. The number of benzene rings is 1. The first kappa shape index (κ1) is 18.4. The van der Waals surface area contributed by atoms with E-state index >= 15 is 0 Å². The van der Waals surface area contributed by atoms with Crippen LogP contribution in [0.3, 0.4) is 0 Å². The van der Waals surface area contributed by atoms with Gasteiger partial charge in [0.1, 0.15) is 6.54 Å². The molecule has 1 aromatic carbocycles. The predicted octanol–water partition coefficient (Wildman–Crippen LogP) is 1.16. The van der Waals surface area contributed by atoms with E-state index in [2.05, 4.69) is 10.2 Å². The van der Waals surface area contributed by atoms with Crippen LogP contribution in [0.15, 0.2) is 24.3 Å². The zero-order valence-electron chi connectivity index (χ0n) is 15.6. The molecule has 0 radical (unpaired) electrons. The third kappa shape index (κ3) is 3.58. The van der Waals surface area contributed by atoms with Gasteiger partial charge in [-0.1, -0.05) is 26.0 Å². The van der Waals surface area contributed by atoms with Crippen LogP contribution in [0.4, 0.5) is 11.4 Å². The van der Waals surface area contributed by atoms with E-state index in [0.717, 1.165) is 5.69 Å². The van der Waals surface area contributed by atoms with E-state index in [1.807, 2.05) is 43.9 Å². The standard InChI is InChI=1S/C19H26N4O3/c1-13(2)18(25)22-10-8-21(9-11-22)14(3)19(26)23-12-17(24)20-15-6-4-5-7-16(15)23/h4-7,13-14H,8-12H2,1-3H3,(H,20,24). The van der Waals surface area contributed by atoms with E-state index in [4.69, 9.17) is 0 Å². The molecule has 1 N–H and O–H groups in total. The highest BCUT2D eigenvalue weighted by atomic mass is 16.2. The molecule has 1 saturated heterocycles. The van der Waals surface area contributed by atoms with Crippen molar-refractivity contribution in [2.45, 2.75) is 26.8 Å². The van der Waals surface area contributed by atoms with Crippen molar-refractivity contribution in [3.05, 3.63) is 24.3 Å². The number of anilines is 2. The van der Waals surface area contributed by atoms with Crippen molar-refractivity contribution in [1.82, 2.24) is 9.80 Å². The Kier molecular flexibility index (Phi) is 5.27. The number of nitrogens with zero attached hydrogens (tertiary/aromatic N) is 3. The van der Waals surface area contributed by atoms with Gasteiger partial charge in [0.25, 0.3) is 0 Å². The summed E-state index contributed by atoms with van der Waals surface area (Å²) in [4.78, 5) is 42.6. The topological polar surface area (TPSA) is 73.0 Å². The number of hydrogen-bond acceptors (Lipinski definition) is 4. The molecule has 0 aliphatic carbocycles. The van der Waals surface area contributed by atoms with Gasteiger partial charge in [-0.3, -0.25) is 24.2 Å². The highest BCUT2D eigenvalue weighted by Crippen LogP contribution is 2.29. The maximum Gasteiger partial charge on any atom is 0.244 e. The Bertz CT molecular complexity index is 710. The molecule has 0 bridgehead atoms. The first-order valence-corrected chi connectivity index (χ1v) is 9.11. The highest BCUT2D eigenvalue weighted by Gasteiger charge is 2.34. The molecule has 2 heterocycles. The molecule has 2 aliphatic rings. The molecule has 0 spiro atoms. The van der Waals surface area contributed by atoms with Gasteiger partial charge in [-0.05, 0) is 19.1 Å². The van der Waals surface area contributed by atoms with Gasteiger partial charge in [0.2, 0.25) is 17.7 Å². The van der Waals surface area contributed by atoms with Crippen LogP contribution in [0.1, 0.15) is 20.8 Å². The van der Waals surface area contributed by atoms with Crippen molar-refractivity contribution in [2.24, 2.45) is 5.92 Å². The first-order valence-electron chi connectivity index (χ1n) is 9.11. The molecule has 1 fully saturated rings. The lowest BCUT2D eigenvalue weighted by Crippen LogP contribution is -2.57. The first-order chi connectivity index (χ1) is 12.4. The number of rotatable bonds is 3. The number of piperazine rings is 1.